The Morgan fingerprint density at radius 2 is 1.86 bits per heavy atom. The Labute approximate surface area is 141 Å². The lowest BCUT2D eigenvalue weighted by molar-refractivity contribution is 0.415. The van der Waals surface area contributed by atoms with Crippen LogP contribution in [0, 0.1) is 0 Å². The topological polar surface area (TPSA) is 33.3 Å². The number of halogens is 1. The molecule has 0 heterocycles. The van der Waals surface area contributed by atoms with Crippen LogP contribution in [0.2, 0.25) is 5.02 Å². The zero-order chi connectivity index (χ0) is 15.8. The van der Waals surface area contributed by atoms with Gasteiger partial charge in [0.25, 0.3) is 0 Å². The SMILES string of the molecule is COc1ccc(NC(=S)NCCCc2ccccc2Cl)cc1. The van der Waals surface area contributed by atoms with E-state index in [0.717, 1.165) is 35.8 Å². The molecule has 2 aromatic carbocycles. The fraction of sp³-hybridized carbons (Fsp3) is 0.235. The summed E-state index contributed by atoms with van der Waals surface area (Å²) in [6.07, 6.45) is 1.89. The van der Waals surface area contributed by atoms with Crippen LogP contribution < -0.4 is 15.4 Å². The van der Waals surface area contributed by atoms with E-state index in [1.54, 1.807) is 7.11 Å². The summed E-state index contributed by atoms with van der Waals surface area (Å²) in [7, 11) is 1.65. The van der Waals surface area contributed by atoms with Crippen LogP contribution in [0.1, 0.15) is 12.0 Å². The first-order valence-corrected chi connectivity index (χ1v) is 7.90. The number of benzene rings is 2. The molecule has 116 valence electrons. The second kappa shape index (κ2) is 8.61. The van der Waals surface area contributed by atoms with E-state index in [1.807, 2.05) is 42.5 Å². The first kappa shape index (κ1) is 16.6. The molecule has 0 bridgehead atoms. The molecule has 0 aliphatic rings. The van der Waals surface area contributed by atoms with E-state index in [9.17, 15) is 0 Å². The van der Waals surface area contributed by atoms with E-state index in [0.29, 0.717) is 5.11 Å². The van der Waals surface area contributed by atoms with E-state index < -0.39 is 0 Å². The van der Waals surface area contributed by atoms with Crippen LogP contribution in [0.25, 0.3) is 0 Å². The molecular formula is C17H19ClN2OS. The summed E-state index contributed by atoms with van der Waals surface area (Å²) in [5.41, 5.74) is 2.10. The van der Waals surface area contributed by atoms with Gasteiger partial charge in [0, 0.05) is 17.3 Å². The first-order valence-electron chi connectivity index (χ1n) is 7.11. The average Bonchev–Trinajstić information content (AvgIpc) is 2.54. The molecule has 0 aliphatic carbocycles. The number of aryl methyl sites for hydroxylation is 1. The minimum atomic E-state index is 0.615. The van der Waals surface area contributed by atoms with Crippen molar-refractivity contribution in [2.24, 2.45) is 0 Å². The van der Waals surface area contributed by atoms with Crippen molar-refractivity contribution in [2.45, 2.75) is 12.8 Å². The molecule has 2 N–H and O–H groups in total. The minimum absolute atomic E-state index is 0.615. The van der Waals surface area contributed by atoms with Crippen molar-refractivity contribution < 1.29 is 4.74 Å². The van der Waals surface area contributed by atoms with Crippen LogP contribution in [0.4, 0.5) is 5.69 Å². The summed E-state index contributed by atoms with van der Waals surface area (Å²) in [5.74, 6) is 0.823. The van der Waals surface area contributed by atoms with Gasteiger partial charge in [-0.3, -0.25) is 0 Å². The first-order chi connectivity index (χ1) is 10.7. The lowest BCUT2D eigenvalue weighted by atomic mass is 10.1. The number of ether oxygens (including phenoxy) is 1. The van der Waals surface area contributed by atoms with E-state index in [2.05, 4.69) is 16.7 Å². The third-order valence-electron chi connectivity index (χ3n) is 3.21. The zero-order valence-electron chi connectivity index (χ0n) is 12.4. The van der Waals surface area contributed by atoms with Gasteiger partial charge in [0.15, 0.2) is 5.11 Å². The highest BCUT2D eigenvalue weighted by Gasteiger charge is 2.00. The zero-order valence-corrected chi connectivity index (χ0v) is 14.0. The highest BCUT2D eigenvalue weighted by molar-refractivity contribution is 7.80. The van der Waals surface area contributed by atoms with Gasteiger partial charge < -0.3 is 15.4 Å². The molecular weight excluding hydrogens is 316 g/mol. The second-order valence-corrected chi connectivity index (χ2v) is 5.62. The Morgan fingerprint density at radius 1 is 1.14 bits per heavy atom. The summed E-state index contributed by atoms with van der Waals surface area (Å²) in [5, 5.41) is 7.77. The van der Waals surface area contributed by atoms with Gasteiger partial charge in [-0.05, 0) is 61.0 Å². The Balaban J connectivity index is 1.70. The van der Waals surface area contributed by atoms with Crippen molar-refractivity contribution in [3.05, 3.63) is 59.1 Å². The molecule has 2 rings (SSSR count). The molecule has 0 saturated carbocycles. The average molecular weight is 335 g/mol. The van der Waals surface area contributed by atoms with Crippen molar-refractivity contribution in [3.8, 4) is 5.75 Å². The quantitative estimate of drug-likeness (QED) is 0.610. The largest absolute Gasteiger partial charge is 0.497 e. The fourth-order valence-corrected chi connectivity index (χ4v) is 2.48. The molecule has 0 aromatic heterocycles. The van der Waals surface area contributed by atoms with Crippen LogP contribution >= 0.6 is 23.8 Å². The van der Waals surface area contributed by atoms with Crippen LogP contribution in [0.5, 0.6) is 5.75 Å². The Hall–Kier alpha value is -1.78. The van der Waals surface area contributed by atoms with Gasteiger partial charge in [0.2, 0.25) is 0 Å². The molecule has 2 aromatic rings. The number of anilines is 1. The third kappa shape index (κ3) is 5.20. The van der Waals surface area contributed by atoms with E-state index in [-0.39, 0.29) is 0 Å². The van der Waals surface area contributed by atoms with Crippen molar-refractivity contribution in [2.75, 3.05) is 19.0 Å². The molecule has 0 spiro atoms. The molecule has 0 radical (unpaired) electrons. The van der Waals surface area contributed by atoms with Crippen LogP contribution in [-0.4, -0.2) is 18.8 Å². The Morgan fingerprint density at radius 3 is 2.55 bits per heavy atom. The van der Waals surface area contributed by atoms with Crippen molar-refractivity contribution in [1.29, 1.82) is 0 Å². The molecule has 0 amide bonds. The summed E-state index contributed by atoms with van der Waals surface area (Å²) in [6.45, 7) is 0.799. The smallest absolute Gasteiger partial charge is 0.170 e. The number of rotatable bonds is 6. The minimum Gasteiger partial charge on any atom is -0.497 e. The number of methoxy groups -OCH3 is 1. The van der Waals surface area contributed by atoms with Gasteiger partial charge >= 0.3 is 0 Å². The monoisotopic (exact) mass is 334 g/mol. The maximum absolute atomic E-state index is 6.13. The van der Waals surface area contributed by atoms with Crippen molar-refractivity contribution in [3.63, 3.8) is 0 Å². The normalized spacial score (nSPS) is 10.1. The second-order valence-electron chi connectivity index (χ2n) is 4.80. The molecule has 0 unspecified atom stereocenters. The van der Waals surface area contributed by atoms with E-state index >= 15 is 0 Å². The lowest BCUT2D eigenvalue weighted by Gasteiger charge is -2.11. The summed E-state index contributed by atoms with van der Waals surface area (Å²) >= 11 is 11.4. The predicted octanol–water partition coefficient (Wildman–Crippen LogP) is 4.27. The highest BCUT2D eigenvalue weighted by Crippen LogP contribution is 2.16. The Bertz CT molecular complexity index is 616. The molecule has 0 fully saturated rings. The van der Waals surface area contributed by atoms with Crippen molar-refractivity contribution in [1.82, 2.24) is 5.32 Å². The van der Waals surface area contributed by atoms with Gasteiger partial charge in [0.05, 0.1) is 7.11 Å². The molecule has 0 atom stereocenters. The van der Waals surface area contributed by atoms with Gasteiger partial charge in [-0.15, -0.1) is 0 Å². The van der Waals surface area contributed by atoms with Gasteiger partial charge in [-0.2, -0.15) is 0 Å². The third-order valence-corrected chi connectivity index (χ3v) is 3.83. The van der Waals surface area contributed by atoms with Gasteiger partial charge in [0.1, 0.15) is 5.75 Å². The predicted molar refractivity (Wildman–Crippen MR) is 97.0 cm³/mol. The lowest BCUT2D eigenvalue weighted by Crippen LogP contribution is -2.29. The summed E-state index contributed by atoms with van der Waals surface area (Å²) in [6, 6.07) is 15.6. The number of nitrogens with one attached hydrogen (secondary N) is 2. The molecule has 3 nitrogen and oxygen atoms in total. The molecule has 5 heteroatoms. The van der Waals surface area contributed by atoms with Gasteiger partial charge in [-0.1, -0.05) is 29.8 Å². The molecule has 0 saturated heterocycles. The standard InChI is InChI=1S/C17H19ClN2OS/c1-21-15-10-8-14(9-11-15)20-17(22)19-12-4-6-13-5-2-3-7-16(13)18/h2-3,5,7-11H,4,6,12H2,1H3,(H2,19,20,22). The van der Waals surface area contributed by atoms with E-state index in [4.69, 9.17) is 28.6 Å². The van der Waals surface area contributed by atoms with Crippen LogP contribution in [-0.2, 0) is 6.42 Å². The number of thiocarbonyl (C=S) groups is 1. The van der Waals surface area contributed by atoms with Crippen molar-refractivity contribution >= 4 is 34.6 Å². The Kier molecular flexibility index (Phi) is 6.49. The maximum Gasteiger partial charge on any atom is 0.170 e. The van der Waals surface area contributed by atoms with Crippen LogP contribution in [0.15, 0.2) is 48.5 Å². The molecule has 0 aliphatic heterocycles. The number of hydrogen-bond donors (Lipinski definition) is 2. The highest BCUT2D eigenvalue weighted by atomic mass is 35.5. The van der Waals surface area contributed by atoms with E-state index in [1.165, 1.54) is 5.56 Å². The molecule has 22 heavy (non-hydrogen) atoms. The van der Waals surface area contributed by atoms with Gasteiger partial charge in [-0.25, -0.2) is 0 Å². The fourth-order valence-electron chi connectivity index (χ4n) is 2.03. The maximum atomic E-state index is 6.13. The summed E-state index contributed by atoms with van der Waals surface area (Å²) < 4.78 is 5.12. The number of hydrogen-bond acceptors (Lipinski definition) is 2. The van der Waals surface area contributed by atoms with Crippen LogP contribution in [0.3, 0.4) is 0 Å². The summed E-state index contributed by atoms with van der Waals surface area (Å²) in [4.78, 5) is 0.